The molecule has 2 aromatic rings. The molecular formula is C14H11F2N3O2. The molecule has 21 heavy (non-hydrogen) atoms. The first-order valence-corrected chi connectivity index (χ1v) is 5.98. The van der Waals surface area contributed by atoms with Gasteiger partial charge in [0, 0.05) is 5.56 Å². The van der Waals surface area contributed by atoms with E-state index < -0.39 is 22.9 Å². The van der Waals surface area contributed by atoms with Gasteiger partial charge in [-0.05, 0) is 17.7 Å². The highest BCUT2D eigenvalue weighted by Gasteiger charge is 2.07. The van der Waals surface area contributed by atoms with Gasteiger partial charge >= 0.3 is 5.69 Å². The molecule has 0 unspecified atom stereocenters. The fraction of sp³-hybridized carbons (Fsp3) is 0.143. The Morgan fingerprint density at radius 3 is 2.76 bits per heavy atom. The van der Waals surface area contributed by atoms with Crippen molar-refractivity contribution < 1.29 is 8.78 Å². The number of aromatic amines is 1. The molecular weight excluding hydrogens is 280 g/mol. The van der Waals surface area contributed by atoms with Crippen LogP contribution in [-0.4, -0.2) is 16.1 Å². The summed E-state index contributed by atoms with van der Waals surface area (Å²) in [5, 5.41) is 0. The number of nitrogens with one attached hydrogen (secondary N) is 1. The lowest BCUT2D eigenvalue weighted by Crippen LogP contribution is -2.31. The van der Waals surface area contributed by atoms with Gasteiger partial charge in [-0.25, -0.2) is 9.18 Å². The largest absolute Gasteiger partial charge is 0.328 e. The van der Waals surface area contributed by atoms with Crippen molar-refractivity contribution in [2.24, 2.45) is 5.73 Å². The van der Waals surface area contributed by atoms with E-state index in [0.29, 0.717) is 11.1 Å². The summed E-state index contributed by atoms with van der Waals surface area (Å²) in [5.74, 6) is 3.70. The standard InChI is InChI=1S/C14H11F2N3O2/c15-11-4-3-10(9(6-11)2-1-5-17)7-19-8-12(16)13(20)18-14(19)21/h3-4,6,8H,5,7,17H2,(H,18,20,21). The minimum Gasteiger partial charge on any atom is -0.320 e. The smallest absolute Gasteiger partial charge is 0.320 e. The molecule has 0 atom stereocenters. The Morgan fingerprint density at radius 1 is 1.29 bits per heavy atom. The van der Waals surface area contributed by atoms with Crippen LogP contribution >= 0.6 is 0 Å². The lowest BCUT2D eigenvalue weighted by atomic mass is 10.1. The maximum Gasteiger partial charge on any atom is 0.328 e. The molecule has 0 aliphatic rings. The molecule has 0 aliphatic heterocycles. The minimum absolute atomic E-state index is 0.0542. The molecule has 0 bridgehead atoms. The number of nitrogens with zero attached hydrogens (tertiary/aromatic N) is 1. The molecule has 0 fully saturated rings. The van der Waals surface area contributed by atoms with Crippen LogP contribution in [0.25, 0.3) is 0 Å². The number of hydrogen-bond acceptors (Lipinski definition) is 3. The van der Waals surface area contributed by atoms with E-state index >= 15 is 0 Å². The first-order valence-electron chi connectivity index (χ1n) is 5.98. The molecule has 0 amide bonds. The van der Waals surface area contributed by atoms with E-state index in [2.05, 4.69) is 11.8 Å². The van der Waals surface area contributed by atoms with Crippen molar-refractivity contribution in [2.75, 3.05) is 6.54 Å². The molecule has 0 saturated carbocycles. The molecule has 0 spiro atoms. The average molecular weight is 291 g/mol. The van der Waals surface area contributed by atoms with Gasteiger partial charge in [0.1, 0.15) is 5.82 Å². The number of aromatic nitrogens is 2. The second-order valence-corrected chi connectivity index (χ2v) is 4.17. The zero-order valence-electron chi connectivity index (χ0n) is 10.8. The number of rotatable bonds is 2. The van der Waals surface area contributed by atoms with E-state index in [0.717, 1.165) is 10.8 Å². The van der Waals surface area contributed by atoms with Gasteiger partial charge in [-0.2, -0.15) is 4.39 Å². The average Bonchev–Trinajstić information content (AvgIpc) is 2.44. The SMILES string of the molecule is NCC#Cc1cc(F)ccc1Cn1cc(F)c(=O)[nH]c1=O. The summed E-state index contributed by atoms with van der Waals surface area (Å²) in [6, 6.07) is 3.84. The topological polar surface area (TPSA) is 80.9 Å². The van der Waals surface area contributed by atoms with Crippen LogP contribution < -0.4 is 17.0 Å². The summed E-state index contributed by atoms with van der Waals surface area (Å²) in [4.78, 5) is 24.4. The monoisotopic (exact) mass is 291 g/mol. The minimum atomic E-state index is -1.08. The predicted octanol–water partition coefficient (Wildman–Crippen LogP) is 0.173. The molecule has 7 heteroatoms. The third kappa shape index (κ3) is 3.43. The summed E-state index contributed by atoms with van der Waals surface area (Å²) in [6.45, 7) is 0.0462. The van der Waals surface area contributed by atoms with Gasteiger partial charge < -0.3 is 5.73 Å². The summed E-state index contributed by atoms with van der Waals surface area (Å²) >= 11 is 0. The fourth-order valence-corrected chi connectivity index (χ4v) is 1.73. The quantitative estimate of drug-likeness (QED) is 0.774. The van der Waals surface area contributed by atoms with Crippen molar-refractivity contribution in [3.63, 3.8) is 0 Å². The lowest BCUT2D eigenvalue weighted by Gasteiger charge is -2.07. The molecule has 0 saturated heterocycles. The number of benzene rings is 1. The highest BCUT2D eigenvalue weighted by Crippen LogP contribution is 2.11. The first kappa shape index (κ1) is 14.7. The Balaban J connectivity index is 2.47. The summed E-state index contributed by atoms with van der Waals surface area (Å²) in [5.41, 5.74) is 4.27. The Labute approximate surface area is 118 Å². The molecule has 1 aromatic carbocycles. The van der Waals surface area contributed by atoms with Crippen LogP contribution in [0.1, 0.15) is 11.1 Å². The van der Waals surface area contributed by atoms with Gasteiger partial charge in [0.15, 0.2) is 0 Å². The van der Waals surface area contributed by atoms with E-state index in [1.165, 1.54) is 18.2 Å². The van der Waals surface area contributed by atoms with Crippen LogP contribution in [0.5, 0.6) is 0 Å². The maximum atomic E-state index is 13.2. The Bertz CT molecular complexity index is 844. The van der Waals surface area contributed by atoms with E-state index in [4.69, 9.17) is 5.73 Å². The van der Waals surface area contributed by atoms with Gasteiger partial charge in [0.2, 0.25) is 5.82 Å². The van der Waals surface area contributed by atoms with Crippen LogP contribution in [0.2, 0.25) is 0 Å². The van der Waals surface area contributed by atoms with Crippen molar-refractivity contribution in [1.82, 2.24) is 9.55 Å². The normalized spacial score (nSPS) is 10.0. The van der Waals surface area contributed by atoms with Crippen LogP contribution in [-0.2, 0) is 6.54 Å². The molecule has 2 rings (SSSR count). The lowest BCUT2D eigenvalue weighted by molar-refractivity contribution is 0.565. The molecule has 3 N–H and O–H groups in total. The predicted molar refractivity (Wildman–Crippen MR) is 72.7 cm³/mol. The zero-order valence-corrected chi connectivity index (χ0v) is 10.8. The van der Waals surface area contributed by atoms with E-state index in [1.807, 2.05) is 4.98 Å². The third-order valence-electron chi connectivity index (χ3n) is 2.71. The number of halogens is 2. The van der Waals surface area contributed by atoms with Crippen LogP contribution in [0.15, 0.2) is 34.0 Å². The van der Waals surface area contributed by atoms with Crippen molar-refractivity contribution in [3.8, 4) is 11.8 Å². The van der Waals surface area contributed by atoms with Crippen molar-refractivity contribution in [1.29, 1.82) is 0 Å². The highest BCUT2D eigenvalue weighted by molar-refractivity contribution is 5.42. The Hall–Kier alpha value is -2.72. The molecule has 5 nitrogen and oxygen atoms in total. The Kier molecular flexibility index (Phi) is 4.30. The van der Waals surface area contributed by atoms with Gasteiger partial charge in [-0.3, -0.25) is 14.3 Å². The fourth-order valence-electron chi connectivity index (χ4n) is 1.73. The summed E-state index contributed by atoms with van der Waals surface area (Å²) < 4.78 is 27.4. The van der Waals surface area contributed by atoms with Crippen LogP contribution in [0, 0.1) is 23.5 Å². The van der Waals surface area contributed by atoms with Crippen LogP contribution in [0.3, 0.4) is 0 Å². The Morgan fingerprint density at radius 2 is 2.05 bits per heavy atom. The van der Waals surface area contributed by atoms with Gasteiger partial charge in [-0.1, -0.05) is 17.9 Å². The van der Waals surface area contributed by atoms with Gasteiger partial charge in [-0.15, -0.1) is 0 Å². The number of H-pyrrole nitrogens is 1. The molecule has 1 heterocycles. The number of hydrogen-bond donors (Lipinski definition) is 2. The third-order valence-corrected chi connectivity index (χ3v) is 2.71. The van der Waals surface area contributed by atoms with E-state index in [1.54, 1.807) is 0 Å². The van der Waals surface area contributed by atoms with Crippen molar-refractivity contribution in [2.45, 2.75) is 6.54 Å². The van der Waals surface area contributed by atoms with E-state index in [-0.39, 0.29) is 13.1 Å². The summed E-state index contributed by atoms with van der Waals surface area (Å²) in [6.07, 6.45) is 0.796. The van der Waals surface area contributed by atoms with Crippen LogP contribution in [0.4, 0.5) is 8.78 Å². The molecule has 0 aliphatic carbocycles. The van der Waals surface area contributed by atoms with Crippen molar-refractivity contribution >= 4 is 0 Å². The maximum absolute atomic E-state index is 13.2. The first-order chi connectivity index (χ1) is 10.0. The summed E-state index contributed by atoms with van der Waals surface area (Å²) in [7, 11) is 0. The van der Waals surface area contributed by atoms with Gasteiger partial charge in [0.25, 0.3) is 5.56 Å². The molecule has 108 valence electrons. The molecule has 0 radical (unpaired) electrons. The van der Waals surface area contributed by atoms with Gasteiger partial charge in [0.05, 0.1) is 19.3 Å². The number of nitrogens with two attached hydrogens (primary N) is 1. The van der Waals surface area contributed by atoms with Crippen molar-refractivity contribution in [3.05, 3.63) is 68.0 Å². The molecule has 1 aromatic heterocycles. The second-order valence-electron chi connectivity index (χ2n) is 4.17. The van der Waals surface area contributed by atoms with E-state index in [9.17, 15) is 18.4 Å². The second kappa shape index (κ2) is 6.15. The highest BCUT2D eigenvalue weighted by atomic mass is 19.1. The zero-order chi connectivity index (χ0) is 15.4.